The quantitative estimate of drug-likeness (QED) is 0.624. The Morgan fingerprint density at radius 3 is 2.72 bits per heavy atom. The summed E-state index contributed by atoms with van der Waals surface area (Å²) in [7, 11) is 0. The van der Waals surface area contributed by atoms with Crippen molar-refractivity contribution >= 4 is 17.5 Å². The van der Waals surface area contributed by atoms with Crippen LogP contribution in [-0.4, -0.2) is 52.1 Å². The molecule has 1 aromatic carbocycles. The van der Waals surface area contributed by atoms with E-state index in [1.807, 2.05) is 11.0 Å². The molecule has 0 atom stereocenters. The van der Waals surface area contributed by atoms with Gasteiger partial charge in [0.05, 0.1) is 30.2 Å². The Balaban J connectivity index is 1.47. The standard InChI is InChI=1S/C20H20F3N7O2/c21-20(22,23)16-10-15(30-13-24-12-27-30)3-4-17(16)28-19(31)26-11-14-2-1-5-25-18(14)29-6-8-32-9-7-29/h1-5,10,12-13H,6-9,11H2,(H2,26,28,31). The van der Waals surface area contributed by atoms with Crippen LogP contribution in [-0.2, 0) is 17.5 Å². The SMILES string of the molecule is O=C(NCc1cccnc1N1CCOCC1)Nc1ccc(-n2cncn2)cc1C(F)(F)F. The van der Waals surface area contributed by atoms with E-state index in [4.69, 9.17) is 4.74 Å². The maximum absolute atomic E-state index is 13.6. The number of halogens is 3. The molecule has 2 aromatic heterocycles. The van der Waals surface area contributed by atoms with Crippen LogP contribution in [0.2, 0.25) is 0 Å². The molecule has 2 N–H and O–H groups in total. The molecule has 1 saturated heterocycles. The lowest BCUT2D eigenvalue weighted by molar-refractivity contribution is -0.136. The number of amides is 2. The number of carbonyl (C=O) groups is 1. The summed E-state index contributed by atoms with van der Waals surface area (Å²) < 4.78 is 47.3. The Labute approximate surface area is 181 Å². The number of alkyl halides is 3. The fourth-order valence-electron chi connectivity index (χ4n) is 3.33. The smallest absolute Gasteiger partial charge is 0.378 e. The van der Waals surface area contributed by atoms with Gasteiger partial charge >= 0.3 is 12.2 Å². The van der Waals surface area contributed by atoms with E-state index in [2.05, 4.69) is 25.7 Å². The second-order valence-corrected chi connectivity index (χ2v) is 6.96. The largest absolute Gasteiger partial charge is 0.418 e. The Kier molecular flexibility index (Phi) is 6.21. The molecule has 168 valence electrons. The molecule has 2 amide bonds. The number of nitrogens with one attached hydrogen (secondary N) is 2. The topological polar surface area (TPSA) is 97.2 Å². The molecule has 12 heteroatoms. The molecule has 0 bridgehead atoms. The molecule has 0 saturated carbocycles. The van der Waals surface area contributed by atoms with Gasteiger partial charge in [0.2, 0.25) is 0 Å². The summed E-state index contributed by atoms with van der Waals surface area (Å²) >= 11 is 0. The van der Waals surface area contributed by atoms with Gasteiger partial charge in [0.1, 0.15) is 18.5 Å². The lowest BCUT2D eigenvalue weighted by atomic mass is 10.1. The van der Waals surface area contributed by atoms with Crippen molar-refractivity contribution in [3.8, 4) is 5.69 Å². The molecule has 3 aromatic rings. The maximum Gasteiger partial charge on any atom is 0.418 e. The van der Waals surface area contributed by atoms with E-state index in [-0.39, 0.29) is 17.9 Å². The lowest BCUT2D eigenvalue weighted by Gasteiger charge is -2.29. The number of urea groups is 1. The summed E-state index contributed by atoms with van der Waals surface area (Å²) in [6.07, 6.45) is -0.515. The third kappa shape index (κ3) is 4.97. The molecule has 1 aliphatic heterocycles. The first-order chi connectivity index (χ1) is 15.4. The number of pyridine rings is 1. The van der Waals surface area contributed by atoms with Gasteiger partial charge in [-0.1, -0.05) is 6.07 Å². The molecule has 0 spiro atoms. The van der Waals surface area contributed by atoms with Crippen LogP contribution < -0.4 is 15.5 Å². The van der Waals surface area contributed by atoms with Gasteiger partial charge in [-0.2, -0.15) is 18.3 Å². The highest BCUT2D eigenvalue weighted by molar-refractivity contribution is 5.90. The van der Waals surface area contributed by atoms with Crippen LogP contribution in [0.25, 0.3) is 5.69 Å². The van der Waals surface area contributed by atoms with E-state index >= 15 is 0 Å². The van der Waals surface area contributed by atoms with Gasteiger partial charge in [0, 0.05) is 31.4 Å². The number of nitrogens with zero attached hydrogens (tertiary/aromatic N) is 5. The summed E-state index contributed by atoms with van der Waals surface area (Å²) in [5, 5.41) is 8.73. The molecule has 0 unspecified atom stereocenters. The Hall–Kier alpha value is -3.67. The zero-order chi connectivity index (χ0) is 22.6. The van der Waals surface area contributed by atoms with Crippen molar-refractivity contribution < 1.29 is 22.7 Å². The number of anilines is 2. The second kappa shape index (κ2) is 9.22. The summed E-state index contributed by atoms with van der Waals surface area (Å²) in [5.74, 6) is 0.712. The predicted molar refractivity (Wildman–Crippen MR) is 109 cm³/mol. The van der Waals surface area contributed by atoms with Crippen LogP contribution in [0.1, 0.15) is 11.1 Å². The molecular weight excluding hydrogens is 427 g/mol. The van der Waals surface area contributed by atoms with Gasteiger partial charge in [-0.3, -0.25) is 0 Å². The van der Waals surface area contributed by atoms with E-state index in [1.165, 1.54) is 29.5 Å². The molecule has 32 heavy (non-hydrogen) atoms. The minimum atomic E-state index is -4.67. The van der Waals surface area contributed by atoms with Gasteiger partial charge in [0.15, 0.2) is 0 Å². The average molecular weight is 447 g/mol. The minimum absolute atomic E-state index is 0.102. The van der Waals surface area contributed by atoms with Crippen molar-refractivity contribution in [1.29, 1.82) is 0 Å². The van der Waals surface area contributed by atoms with Gasteiger partial charge < -0.3 is 20.3 Å². The summed E-state index contributed by atoms with van der Waals surface area (Å²) in [6.45, 7) is 2.60. The van der Waals surface area contributed by atoms with Crippen LogP contribution >= 0.6 is 0 Å². The van der Waals surface area contributed by atoms with Gasteiger partial charge in [-0.05, 0) is 24.3 Å². The summed E-state index contributed by atoms with van der Waals surface area (Å²) in [6, 6.07) is 6.29. The van der Waals surface area contributed by atoms with Crippen LogP contribution in [0, 0.1) is 0 Å². The molecule has 9 nitrogen and oxygen atoms in total. The highest BCUT2D eigenvalue weighted by atomic mass is 19.4. The summed E-state index contributed by atoms with van der Waals surface area (Å²) in [4.78, 5) is 22.6. The number of carbonyl (C=O) groups excluding carboxylic acids is 1. The Bertz CT molecular complexity index is 1070. The lowest BCUT2D eigenvalue weighted by Crippen LogP contribution is -2.38. The number of hydrogen-bond acceptors (Lipinski definition) is 6. The van der Waals surface area contributed by atoms with Crippen molar-refractivity contribution in [1.82, 2.24) is 25.1 Å². The zero-order valence-corrected chi connectivity index (χ0v) is 16.8. The van der Waals surface area contributed by atoms with Crippen molar-refractivity contribution in [3.05, 3.63) is 60.3 Å². The predicted octanol–water partition coefficient (Wildman–Crippen LogP) is 2.84. The minimum Gasteiger partial charge on any atom is -0.378 e. The summed E-state index contributed by atoms with van der Waals surface area (Å²) in [5.41, 5.74) is -0.428. The van der Waals surface area contributed by atoms with Crippen LogP contribution in [0.15, 0.2) is 49.2 Å². The van der Waals surface area contributed by atoms with Crippen LogP contribution in [0.3, 0.4) is 0 Å². The third-order valence-corrected chi connectivity index (χ3v) is 4.86. The molecule has 1 fully saturated rings. The number of hydrogen-bond donors (Lipinski definition) is 2. The van der Waals surface area contributed by atoms with E-state index in [9.17, 15) is 18.0 Å². The van der Waals surface area contributed by atoms with Gasteiger partial charge in [-0.15, -0.1) is 0 Å². The molecular formula is C20H20F3N7O2. The fourth-order valence-corrected chi connectivity index (χ4v) is 3.33. The number of benzene rings is 1. The number of aromatic nitrogens is 4. The zero-order valence-electron chi connectivity index (χ0n) is 16.8. The number of ether oxygens (including phenoxy) is 1. The van der Waals surface area contributed by atoms with Crippen molar-refractivity contribution in [2.75, 3.05) is 36.5 Å². The second-order valence-electron chi connectivity index (χ2n) is 6.96. The number of rotatable bonds is 5. The van der Waals surface area contributed by atoms with Crippen LogP contribution in [0.4, 0.5) is 29.5 Å². The van der Waals surface area contributed by atoms with Crippen LogP contribution in [0.5, 0.6) is 0 Å². The third-order valence-electron chi connectivity index (χ3n) is 4.86. The maximum atomic E-state index is 13.6. The van der Waals surface area contributed by atoms with Gasteiger partial charge in [0.25, 0.3) is 0 Å². The van der Waals surface area contributed by atoms with E-state index in [0.29, 0.717) is 32.1 Å². The average Bonchev–Trinajstić information content (AvgIpc) is 3.33. The Morgan fingerprint density at radius 1 is 1.19 bits per heavy atom. The fraction of sp³-hybridized carbons (Fsp3) is 0.300. The monoisotopic (exact) mass is 447 g/mol. The van der Waals surface area contributed by atoms with Crippen molar-refractivity contribution in [3.63, 3.8) is 0 Å². The van der Waals surface area contributed by atoms with Crippen molar-refractivity contribution in [2.45, 2.75) is 12.7 Å². The molecule has 4 rings (SSSR count). The molecule has 1 aliphatic rings. The highest BCUT2D eigenvalue weighted by Gasteiger charge is 2.34. The Morgan fingerprint density at radius 2 is 2.00 bits per heavy atom. The molecule has 0 radical (unpaired) electrons. The first-order valence-corrected chi connectivity index (χ1v) is 9.79. The number of morpholine rings is 1. The molecule has 0 aliphatic carbocycles. The van der Waals surface area contributed by atoms with Crippen molar-refractivity contribution in [2.24, 2.45) is 0 Å². The first-order valence-electron chi connectivity index (χ1n) is 9.79. The van der Waals surface area contributed by atoms with E-state index in [0.717, 1.165) is 11.6 Å². The highest BCUT2D eigenvalue weighted by Crippen LogP contribution is 2.36. The van der Waals surface area contributed by atoms with E-state index in [1.54, 1.807) is 12.3 Å². The van der Waals surface area contributed by atoms with E-state index < -0.39 is 17.8 Å². The molecule has 3 heterocycles. The first kappa shape index (κ1) is 21.6. The normalized spacial score (nSPS) is 14.3. The van der Waals surface area contributed by atoms with Gasteiger partial charge in [-0.25, -0.2) is 19.4 Å².